The molecule has 1 aromatic carbocycles. The fourth-order valence-electron chi connectivity index (χ4n) is 2.67. The second kappa shape index (κ2) is 7.65. The Labute approximate surface area is 137 Å². The number of anilines is 1. The highest BCUT2D eigenvalue weighted by Gasteiger charge is 2.32. The van der Waals surface area contributed by atoms with E-state index in [9.17, 15) is 13.2 Å². The fourth-order valence-corrected chi connectivity index (χ4v) is 2.67. The van der Waals surface area contributed by atoms with E-state index >= 15 is 0 Å². The number of aryl methyl sites for hydroxylation is 1. The smallest absolute Gasteiger partial charge is 0.412 e. The van der Waals surface area contributed by atoms with Crippen LogP contribution in [0.2, 0.25) is 0 Å². The van der Waals surface area contributed by atoms with Crippen LogP contribution in [-0.4, -0.2) is 22.2 Å². The lowest BCUT2D eigenvalue weighted by Gasteiger charge is -2.24. The van der Waals surface area contributed by atoms with Crippen molar-refractivity contribution in [3.63, 3.8) is 0 Å². The van der Waals surface area contributed by atoms with E-state index in [2.05, 4.69) is 10.6 Å². The molecule has 1 atom stereocenters. The molecule has 134 valence electrons. The predicted octanol–water partition coefficient (Wildman–Crippen LogP) is 3.50. The molecule has 24 heavy (non-hydrogen) atoms. The number of hydrazine groups is 1. The fraction of sp³-hybridized carbons (Fsp3) is 0.400. The molecule has 0 amide bonds. The molecule has 2 aromatic rings. The first-order valence-electron chi connectivity index (χ1n) is 7.07. The molecular formula is C15H21F3N4O2. The monoisotopic (exact) mass is 346 g/mol. The van der Waals surface area contributed by atoms with Crippen LogP contribution in [0, 0.1) is 6.92 Å². The lowest BCUT2D eigenvalue weighted by atomic mass is 10.1. The Morgan fingerprint density at radius 1 is 1.29 bits per heavy atom. The number of hydrogen-bond donors (Lipinski definition) is 2. The van der Waals surface area contributed by atoms with Crippen LogP contribution in [0.5, 0.6) is 0 Å². The Bertz CT molecular complexity index is 660. The summed E-state index contributed by atoms with van der Waals surface area (Å²) < 4.78 is 43.6. The molecule has 0 bridgehead atoms. The second-order valence-corrected chi connectivity index (χ2v) is 5.41. The van der Waals surface area contributed by atoms with Crippen LogP contribution >= 0.6 is 0 Å². The van der Waals surface area contributed by atoms with Gasteiger partial charge in [-0.1, -0.05) is 11.2 Å². The first kappa shape index (κ1) is 19.9. The molecule has 3 rings (SSSR count). The van der Waals surface area contributed by atoms with Gasteiger partial charge in [0.15, 0.2) is 5.76 Å². The van der Waals surface area contributed by atoms with Gasteiger partial charge in [-0.3, -0.25) is 0 Å². The lowest BCUT2D eigenvalue weighted by molar-refractivity contribution is -0.137. The summed E-state index contributed by atoms with van der Waals surface area (Å²) in [6, 6.07) is 7.03. The van der Waals surface area contributed by atoms with Crippen molar-refractivity contribution < 1.29 is 23.2 Å². The molecule has 0 spiro atoms. The Balaban J connectivity index is 0.00000144. The van der Waals surface area contributed by atoms with Gasteiger partial charge < -0.3 is 21.6 Å². The van der Waals surface area contributed by atoms with Crippen molar-refractivity contribution in [1.29, 1.82) is 0 Å². The van der Waals surface area contributed by atoms with E-state index in [1.54, 1.807) is 6.07 Å². The van der Waals surface area contributed by atoms with Gasteiger partial charge >= 0.3 is 6.18 Å². The predicted molar refractivity (Wildman–Crippen MR) is 83.6 cm³/mol. The summed E-state index contributed by atoms with van der Waals surface area (Å²) in [5, 5.41) is 5.77. The standard InChI is InChI=1S/C15H16F3N3O.H3N.H2O/c1-10-8-14(22-20-10)13-6-3-7-21(13)19-12-5-2-4-11(9-12)15(16,17)18;;/h2,4-5,8-9,13,19H,3,6-7H2,1H3;1H3;1H2. The third kappa shape index (κ3) is 4.25. The first-order chi connectivity index (χ1) is 10.4. The van der Waals surface area contributed by atoms with Crippen LogP contribution in [0.15, 0.2) is 34.9 Å². The van der Waals surface area contributed by atoms with E-state index in [0.717, 1.165) is 43.0 Å². The van der Waals surface area contributed by atoms with Gasteiger partial charge in [0.25, 0.3) is 0 Å². The van der Waals surface area contributed by atoms with E-state index in [1.165, 1.54) is 6.07 Å². The zero-order valence-corrected chi connectivity index (χ0v) is 13.2. The molecule has 1 aliphatic rings. The molecule has 0 saturated carbocycles. The Kier molecular flexibility index (Phi) is 6.35. The van der Waals surface area contributed by atoms with E-state index in [-0.39, 0.29) is 17.7 Å². The van der Waals surface area contributed by atoms with Crippen molar-refractivity contribution in [3.05, 3.63) is 47.3 Å². The van der Waals surface area contributed by atoms with Crippen LogP contribution in [0.4, 0.5) is 18.9 Å². The van der Waals surface area contributed by atoms with Crippen molar-refractivity contribution >= 4 is 5.69 Å². The van der Waals surface area contributed by atoms with Gasteiger partial charge in [0.1, 0.15) is 0 Å². The summed E-state index contributed by atoms with van der Waals surface area (Å²) in [5.41, 5.74) is 3.60. The Morgan fingerprint density at radius 2 is 2.04 bits per heavy atom. The largest absolute Gasteiger partial charge is 0.416 e. The van der Waals surface area contributed by atoms with E-state index in [1.807, 2.05) is 18.0 Å². The Hall–Kier alpha value is -2.10. The summed E-state index contributed by atoms with van der Waals surface area (Å²) in [6.07, 6.45) is -2.53. The topological polar surface area (TPSA) is 108 Å². The molecule has 1 unspecified atom stereocenters. The maximum atomic E-state index is 12.8. The highest BCUT2D eigenvalue weighted by Crippen LogP contribution is 2.34. The van der Waals surface area contributed by atoms with Crippen molar-refractivity contribution in [1.82, 2.24) is 16.3 Å². The minimum Gasteiger partial charge on any atom is -0.412 e. The number of nitrogens with zero attached hydrogens (tertiary/aromatic N) is 2. The summed E-state index contributed by atoms with van der Waals surface area (Å²) in [7, 11) is 0. The van der Waals surface area contributed by atoms with Gasteiger partial charge in [-0.15, -0.1) is 0 Å². The number of halogens is 3. The third-order valence-corrected chi connectivity index (χ3v) is 3.69. The average molecular weight is 346 g/mol. The number of hydrogen-bond acceptors (Lipinski definition) is 5. The third-order valence-electron chi connectivity index (χ3n) is 3.69. The number of aromatic nitrogens is 1. The molecule has 9 heteroatoms. The normalized spacial score (nSPS) is 17.9. The number of alkyl halides is 3. The highest BCUT2D eigenvalue weighted by molar-refractivity contribution is 5.46. The zero-order valence-electron chi connectivity index (χ0n) is 13.2. The maximum absolute atomic E-state index is 12.8. The van der Waals surface area contributed by atoms with E-state index in [4.69, 9.17) is 4.52 Å². The number of nitrogens with one attached hydrogen (secondary N) is 1. The summed E-state index contributed by atoms with van der Waals surface area (Å²) >= 11 is 0. The van der Waals surface area contributed by atoms with Crippen molar-refractivity contribution in [2.45, 2.75) is 32.0 Å². The highest BCUT2D eigenvalue weighted by atomic mass is 19.4. The van der Waals surface area contributed by atoms with Crippen molar-refractivity contribution in [2.75, 3.05) is 12.0 Å². The van der Waals surface area contributed by atoms with Crippen LogP contribution in [0.25, 0.3) is 0 Å². The Morgan fingerprint density at radius 3 is 2.67 bits per heavy atom. The van der Waals surface area contributed by atoms with Gasteiger partial charge in [0.2, 0.25) is 0 Å². The minimum atomic E-state index is -4.34. The molecule has 1 fully saturated rings. The van der Waals surface area contributed by atoms with Gasteiger partial charge in [0, 0.05) is 18.3 Å². The average Bonchev–Trinajstić information content (AvgIpc) is 3.07. The molecule has 1 saturated heterocycles. The van der Waals surface area contributed by atoms with Gasteiger partial charge in [-0.25, -0.2) is 5.01 Å². The van der Waals surface area contributed by atoms with Crippen molar-refractivity contribution in [2.24, 2.45) is 0 Å². The summed E-state index contributed by atoms with van der Waals surface area (Å²) in [5.74, 6) is 0.731. The minimum absolute atomic E-state index is 0. The SMILES string of the molecule is Cc1cc(C2CCCN2Nc2cccc(C(F)(F)F)c2)on1.N.O. The molecule has 1 aliphatic heterocycles. The van der Waals surface area contributed by atoms with Crippen molar-refractivity contribution in [3.8, 4) is 0 Å². The zero-order chi connectivity index (χ0) is 15.7. The van der Waals surface area contributed by atoms with Gasteiger partial charge in [-0.2, -0.15) is 13.2 Å². The molecule has 6 N–H and O–H groups in total. The van der Waals surface area contributed by atoms with Gasteiger partial charge in [-0.05, 0) is 38.0 Å². The lowest BCUT2D eigenvalue weighted by Crippen LogP contribution is -2.29. The molecule has 0 aliphatic carbocycles. The van der Waals surface area contributed by atoms with Gasteiger partial charge in [0.05, 0.1) is 17.3 Å². The van der Waals surface area contributed by atoms with Crippen LogP contribution in [0.1, 0.15) is 35.9 Å². The van der Waals surface area contributed by atoms with E-state index < -0.39 is 11.7 Å². The molecule has 6 nitrogen and oxygen atoms in total. The van der Waals surface area contributed by atoms with Crippen LogP contribution in [0.3, 0.4) is 0 Å². The summed E-state index contributed by atoms with van der Waals surface area (Å²) in [4.78, 5) is 0. The number of benzene rings is 1. The first-order valence-corrected chi connectivity index (χ1v) is 7.07. The second-order valence-electron chi connectivity index (χ2n) is 5.41. The van der Waals surface area contributed by atoms with E-state index in [0.29, 0.717) is 5.69 Å². The molecule has 1 aromatic heterocycles. The molecule has 0 radical (unpaired) electrons. The van der Waals surface area contributed by atoms with Crippen LogP contribution < -0.4 is 11.6 Å². The maximum Gasteiger partial charge on any atom is 0.416 e. The molecular weight excluding hydrogens is 325 g/mol. The van der Waals surface area contributed by atoms with Crippen LogP contribution in [-0.2, 0) is 6.18 Å². The summed E-state index contributed by atoms with van der Waals surface area (Å²) in [6.45, 7) is 2.58. The molecule has 2 heterocycles. The number of rotatable bonds is 3. The quantitative estimate of drug-likeness (QED) is 0.884.